The summed E-state index contributed by atoms with van der Waals surface area (Å²) in [4.78, 5) is 2.36. The first-order chi connectivity index (χ1) is 10.8. The highest BCUT2D eigenvalue weighted by atomic mass is 16.5. The van der Waals surface area contributed by atoms with Gasteiger partial charge in [-0.05, 0) is 36.3 Å². The lowest BCUT2D eigenvalue weighted by molar-refractivity contribution is 0.223. The van der Waals surface area contributed by atoms with Gasteiger partial charge < -0.3 is 9.64 Å². The van der Waals surface area contributed by atoms with Crippen LogP contribution in [0.25, 0.3) is 12.2 Å². The van der Waals surface area contributed by atoms with Gasteiger partial charge in [0.2, 0.25) is 0 Å². The Kier molecular flexibility index (Phi) is 6.72. The van der Waals surface area contributed by atoms with Gasteiger partial charge in [-0.2, -0.15) is 0 Å². The molecule has 0 saturated carbocycles. The maximum absolute atomic E-state index is 5.79. The predicted octanol–water partition coefficient (Wildman–Crippen LogP) is 4.58. The lowest BCUT2D eigenvalue weighted by Crippen LogP contribution is -2.27. The van der Waals surface area contributed by atoms with Crippen molar-refractivity contribution >= 4 is 12.2 Å². The van der Waals surface area contributed by atoms with Crippen LogP contribution in [0.4, 0.5) is 0 Å². The Hall–Kier alpha value is -2.06. The standard InChI is InChI=1S/C20H25NO/c1-3-21(4-2)16-17-22-20-14-12-19(13-15-20)11-10-18-8-6-5-7-9-18/h5-15H,3-4,16-17H2,1-2H3/b11-10-. The average Bonchev–Trinajstić information content (AvgIpc) is 2.59. The molecule has 0 N–H and O–H groups in total. The second-order valence-electron chi connectivity index (χ2n) is 5.19. The average molecular weight is 295 g/mol. The van der Waals surface area contributed by atoms with Crippen LogP contribution in [-0.2, 0) is 0 Å². The van der Waals surface area contributed by atoms with Gasteiger partial charge in [0.15, 0.2) is 0 Å². The normalized spacial score (nSPS) is 11.2. The Bertz CT molecular complexity index is 556. The third-order valence-corrected chi connectivity index (χ3v) is 3.72. The molecular weight excluding hydrogens is 270 g/mol. The monoisotopic (exact) mass is 295 g/mol. The van der Waals surface area contributed by atoms with Gasteiger partial charge in [-0.1, -0.05) is 68.5 Å². The minimum atomic E-state index is 0.737. The first-order valence-electron chi connectivity index (χ1n) is 8.00. The fourth-order valence-corrected chi connectivity index (χ4v) is 2.26. The first-order valence-corrected chi connectivity index (χ1v) is 8.00. The van der Waals surface area contributed by atoms with Gasteiger partial charge in [0.1, 0.15) is 12.4 Å². The van der Waals surface area contributed by atoms with Crippen LogP contribution in [0.5, 0.6) is 5.75 Å². The summed E-state index contributed by atoms with van der Waals surface area (Å²) in [6.07, 6.45) is 4.24. The van der Waals surface area contributed by atoms with Crippen molar-refractivity contribution in [2.24, 2.45) is 0 Å². The van der Waals surface area contributed by atoms with E-state index < -0.39 is 0 Å². The maximum Gasteiger partial charge on any atom is 0.119 e. The number of ether oxygens (including phenoxy) is 1. The SMILES string of the molecule is CCN(CC)CCOc1ccc(/C=C\c2ccccc2)cc1. The van der Waals surface area contributed by atoms with Crippen LogP contribution in [-0.4, -0.2) is 31.1 Å². The van der Waals surface area contributed by atoms with E-state index in [0.717, 1.165) is 32.0 Å². The van der Waals surface area contributed by atoms with E-state index in [1.54, 1.807) is 0 Å². The second kappa shape index (κ2) is 9.06. The molecule has 0 fully saturated rings. The Morgan fingerprint density at radius 1 is 0.818 bits per heavy atom. The highest BCUT2D eigenvalue weighted by Gasteiger charge is 1.99. The number of hydrogen-bond acceptors (Lipinski definition) is 2. The van der Waals surface area contributed by atoms with Crippen LogP contribution >= 0.6 is 0 Å². The van der Waals surface area contributed by atoms with E-state index in [2.05, 4.69) is 55.2 Å². The Morgan fingerprint density at radius 3 is 2.00 bits per heavy atom. The van der Waals surface area contributed by atoms with Crippen molar-refractivity contribution in [1.29, 1.82) is 0 Å². The number of hydrogen-bond donors (Lipinski definition) is 0. The lowest BCUT2D eigenvalue weighted by atomic mass is 10.1. The van der Waals surface area contributed by atoms with E-state index >= 15 is 0 Å². The van der Waals surface area contributed by atoms with Crippen LogP contribution < -0.4 is 4.74 Å². The van der Waals surface area contributed by atoms with Crippen LogP contribution in [0.3, 0.4) is 0 Å². The minimum Gasteiger partial charge on any atom is -0.492 e. The van der Waals surface area contributed by atoms with E-state index in [0.29, 0.717) is 0 Å². The zero-order chi connectivity index (χ0) is 15.6. The Balaban J connectivity index is 1.84. The van der Waals surface area contributed by atoms with E-state index in [1.165, 1.54) is 11.1 Å². The van der Waals surface area contributed by atoms with E-state index in [1.807, 2.05) is 30.3 Å². The van der Waals surface area contributed by atoms with Gasteiger partial charge in [-0.25, -0.2) is 0 Å². The molecule has 0 radical (unpaired) electrons. The van der Waals surface area contributed by atoms with Crippen molar-refractivity contribution in [2.75, 3.05) is 26.2 Å². The van der Waals surface area contributed by atoms with Crippen LogP contribution in [0.1, 0.15) is 25.0 Å². The van der Waals surface area contributed by atoms with Crippen LogP contribution in [0, 0.1) is 0 Å². The Labute approximate surface area is 134 Å². The van der Waals surface area contributed by atoms with Gasteiger partial charge in [0.25, 0.3) is 0 Å². The van der Waals surface area contributed by atoms with E-state index in [9.17, 15) is 0 Å². The van der Waals surface area contributed by atoms with E-state index in [4.69, 9.17) is 4.74 Å². The van der Waals surface area contributed by atoms with Crippen molar-refractivity contribution in [2.45, 2.75) is 13.8 Å². The molecule has 0 aliphatic rings. The van der Waals surface area contributed by atoms with Crippen molar-refractivity contribution in [1.82, 2.24) is 4.90 Å². The molecule has 2 aromatic rings. The first kappa shape index (κ1) is 16.3. The summed E-state index contributed by atoms with van der Waals surface area (Å²) in [7, 11) is 0. The molecule has 2 nitrogen and oxygen atoms in total. The summed E-state index contributed by atoms with van der Waals surface area (Å²) in [5, 5.41) is 0. The van der Waals surface area contributed by atoms with Crippen molar-refractivity contribution < 1.29 is 4.74 Å². The molecule has 2 aromatic carbocycles. The van der Waals surface area contributed by atoms with Crippen molar-refractivity contribution in [3.05, 3.63) is 65.7 Å². The summed E-state index contributed by atoms with van der Waals surface area (Å²) in [5.41, 5.74) is 2.39. The van der Waals surface area contributed by atoms with Crippen LogP contribution in [0.15, 0.2) is 54.6 Å². The third kappa shape index (κ3) is 5.38. The van der Waals surface area contributed by atoms with Crippen molar-refractivity contribution in [3.63, 3.8) is 0 Å². The predicted molar refractivity (Wildman–Crippen MR) is 95.1 cm³/mol. The molecule has 2 rings (SSSR count). The molecule has 0 unspecified atom stereocenters. The van der Waals surface area contributed by atoms with Gasteiger partial charge in [-0.15, -0.1) is 0 Å². The fourth-order valence-electron chi connectivity index (χ4n) is 2.26. The number of benzene rings is 2. The third-order valence-electron chi connectivity index (χ3n) is 3.72. The molecule has 0 atom stereocenters. The molecule has 2 heteroatoms. The minimum absolute atomic E-state index is 0.737. The second-order valence-corrected chi connectivity index (χ2v) is 5.19. The zero-order valence-electron chi connectivity index (χ0n) is 13.5. The summed E-state index contributed by atoms with van der Waals surface area (Å²) < 4.78 is 5.79. The molecule has 0 aromatic heterocycles. The smallest absolute Gasteiger partial charge is 0.119 e. The molecule has 0 aliphatic carbocycles. The summed E-state index contributed by atoms with van der Waals surface area (Å²) in [5.74, 6) is 0.934. The number of likely N-dealkylation sites (N-methyl/N-ethyl adjacent to an activating group) is 1. The molecule has 0 bridgehead atoms. The quantitative estimate of drug-likeness (QED) is 0.661. The topological polar surface area (TPSA) is 12.5 Å². The fraction of sp³-hybridized carbons (Fsp3) is 0.300. The lowest BCUT2D eigenvalue weighted by Gasteiger charge is -2.17. The molecular formula is C20H25NO. The molecule has 0 spiro atoms. The zero-order valence-corrected chi connectivity index (χ0v) is 13.5. The number of rotatable bonds is 8. The maximum atomic E-state index is 5.79. The summed E-state index contributed by atoms with van der Waals surface area (Å²) in [6.45, 7) is 8.21. The van der Waals surface area contributed by atoms with Crippen molar-refractivity contribution in [3.8, 4) is 5.75 Å². The summed E-state index contributed by atoms with van der Waals surface area (Å²) >= 11 is 0. The molecule has 0 saturated heterocycles. The molecule has 0 aliphatic heterocycles. The van der Waals surface area contributed by atoms with Gasteiger partial charge >= 0.3 is 0 Å². The Morgan fingerprint density at radius 2 is 1.41 bits per heavy atom. The van der Waals surface area contributed by atoms with Crippen LogP contribution in [0.2, 0.25) is 0 Å². The summed E-state index contributed by atoms with van der Waals surface area (Å²) in [6, 6.07) is 18.6. The van der Waals surface area contributed by atoms with Gasteiger partial charge in [-0.3, -0.25) is 0 Å². The molecule has 116 valence electrons. The molecule has 0 amide bonds. The van der Waals surface area contributed by atoms with E-state index in [-0.39, 0.29) is 0 Å². The molecule has 22 heavy (non-hydrogen) atoms. The van der Waals surface area contributed by atoms with Gasteiger partial charge in [0.05, 0.1) is 0 Å². The largest absolute Gasteiger partial charge is 0.492 e. The molecule has 0 heterocycles. The highest BCUT2D eigenvalue weighted by Crippen LogP contribution is 2.14. The highest BCUT2D eigenvalue weighted by molar-refractivity contribution is 5.69. The number of nitrogens with zero attached hydrogens (tertiary/aromatic N) is 1. The van der Waals surface area contributed by atoms with Gasteiger partial charge in [0, 0.05) is 6.54 Å².